The molecule has 1 amide bonds. The van der Waals surface area contributed by atoms with E-state index < -0.39 is 11.0 Å². The Morgan fingerprint density at radius 3 is 2.71 bits per heavy atom. The van der Waals surface area contributed by atoms with Crippen molar-refractivity contribution in [1.29, 1.82) is 0 Å². The first kappa shape index (κ1) is 16.0. The van der Waals surface area contributed by atoms with Gasteiger partial charge >= 0.3 is 0 Å². The molecule has 0 aromatic heterocycles. The van der Waals surface area contributed by atoms with Crippen molar-refractivity contribution in [2.75, 3.05) is 10.6 Å². The van der Waals surface area contributed by atoms with Crippen LogP contribution in [0.5, 0.6) is 0 Å². The third-order valence-electron chi connectivity index (χ3n) is 4.20. The Balaban J connectivity index is 1.64. The van der Waals surface area contributed by atoms with Crippen molar-refractivity contribution in [3.05, 3.63) is 63.7 Å². The normalized spacial score (nSPS) is 13.9. The molecule has 24 heavy (non-hydrogen) atoms. The summed E-state index contributed by atoms with van der Waals surface area (Å²) >= 11 is 0. The number of fused-ring (bicyclic) bond motifs is 1. The van der Waals surface area contributed by atoms with E-state index >= 15 is 0 Å². The highest BCUT2D eigenvalue weighted by atomic mass is 16.6. The van der Waals surface area contributed by atoms with Crippen LogP contribution in [0.15, 0.2) is 42.5 Å². The molecule has 0 saturated carbocycles. The third-order valence-corrected chi connectivity index (χ3v) is 4.20. The first-order valence-electron chi connectivity index (χ1n) is 7.96. The van der Waals surface area contributed by atoms with E-state index in [4.69, 9.17) is 0 Å². The monoisotopic (exact) mass is 325 g/mol. The molecule has 0 aliphatic heterocycles. The van der Waals surface area contributed by atoms with Crippen LogP contribution < -0.4 is 10.6 Å². The van der Waals surface area contributed by atoms with E-state index in [-0.39, 0.29) is 11.6 Å². The van der Waals surface area contributed by atoms with Crippen molar-refractivity contribution in [2.24, 2.45) is 0 Å². The first-order valence-corrected chi connectivity index (χ1v) is 7.96. The van der Waals surface area contributed by atoms with E-state index in [1.807, 2.05) is 6.07 Å². The lowest BCUT2D eigenvalue weighted by molar-refractivity contribution is -0.384. The fraction of sp³-hybridized carbons (Fsp3) is 0.278. The number of aryl methyl sites for hydroxylation is 2. The summed E-state index contributed by atoms with van der Waals surface area (Å²) in [6.07, 6.45) is 3.39. The zero-order chi connectivity index (χ0) is 17.1. The smallest absolute Gasteiger partial charge is 0.271 e. The van der Waals surface area contributed by atoms with Crippen molar-refractivity contribution in [3.63, 3.8) is 0 Å². The summed E-state index contributed by atoms with van der Waals surface area (Å²) in [5.74, 6) is -0.240. The number of amides is 1. The van der Waals surface area contributed by atoms with Crippen LogP contribution in [0.25, 0.3) is 0 Å². The number of nitrogens with zero attached hydrogens (tertiary/aromatic N) is 1. The van der Waals surface area contributed by atoms with Crippen molar-refractivity contribution < 1.29 is 9.72 Å². The van der Waals surface area contributed by atoms with Crippen LogP contribution >= 0.6 is 0 Å². The van der Waals surface area contributed by atoms with E-state index in [2.05, 4.69) is 22.8 Å². The Hall–Kier alpha value is -2.89. The van der Waals surface area contributed by atoms with Gasteiger partial charge in [-0.25, -0.2) is 0 Å². The minimum atomic E-state index is -0.484. The molecule has 6 heteroatoms. The molecule has 1 aliphatic carbocycles. The number of rotatable bonds is 5. The maximum absolute atomic E-state index is 12.3. The molecule has 2 aromatic carbocycles. The molecule has 6 nitrogen and oxygen atoms in total. The first-order chi connectivity index (χ1) is 11.5. The van der Waals surface area contributed by atoms with Crippen LogP contribution in [0.4, 0.5) is 17.1 Å². The Bertz CT molecular complexity index is 789. The van der Waals surface area contributed by atoms with Gasteiger partial charge in [0.1, 0.15) is 6.04 Å². The van der Waals surface area contributed by atoms with Gasteiger partial charge in [-0.05, 0) is 55.5 Å². The Morgan fingerprint density at radius 1 is 1.12 bits per heavy atom. The average Bonchev–Trinajstić information content (AvgIpc) is 3.02. The predicted molar refractivity (Wildman–Crippen MR) is 93.3 cm³/mol. The van der Waals surface area contributed by atoms with Crippen molar-refractivity contribution in [1.82, 2.24) is 0 Å². The molecule has 0 radical (unpaired) electrons. The van der Waals surface area contributed by atoms with Crippen LogP contribution in [0, 0.1) is 10.1 Å². The quantitative estimate of drug-likeness (QED) is 0.650. The highest BCUT2D eigenvalue weighted by molar-refractivity contribution is 5.96. The van der Waals surface area contributed by atoms with E-state index in [0.717, 1.165) is 18.5 Å². The topological polar surface area (TPSA) is 84.3 Å². The number of non-ortho nitro benzene ring substituents is 1. The fourth-order valence-corrected chi connectivity index (χ4v) is 2.92. The van der Waals surface area contributed by atoms with Gasteiger partial charge in [-0.3, -0.25) is 14.9 Å². The molecule has 1 aliphatic rings. The number of benzene rings is 2. The van der Waals surface area contributed by atoms with Crippen LogP contribution in [0.2, 0.25) is 0 Å². The maximum Gasteiger partial charge on any atom is 0.271 e. The van der Waals surface area contributed by atoms with E-state index in [0.29, 0.717) is 5.69 Å². The van der Waals surface area contributed by atoms with Gasteiger partial charge in [0, 0.05) is 23.5 Å². The SMILES string of the molecule is CC(Nc1ccc2c(c1)CCC2)C(=O)Nc1cccc([N+](=O)[O-])c1. The minimum absolute atomic E-state index is 0.0490. The number of nitrogens with one attached hydrogen (secondary N) is 2. The molecule has 1 atom stereocenters. The van der Waals surface area contributed by atoms with E-state index in [1.165, 1.54) is 29.7 Å². The zero-order valence-electron chi connectivity index (χ0n) is 13.4. The molecule has 1 unspecified atom stereocenters. The molecule has 0 saturated heterocycles. The third kappa shape index (κ3) is 3.53. The number of anilines is 2. The lowest BCUT2D eigenvalue weighted by Crippen LogP contribution is -2.31. The molecule has 2 aromatic rings. The Labute approximate surface area is 140 Å². The van der Waals surface area contributed by atoms with Gasteiger partial charge in [0.2, 0.25) is 5.91 Å². The highest BCUT2D eigenvalue weighted by Gasteiger charge is 2.16. The second-order valence-electron chi connectivity index (χ2n) is 6.00. The molecule has 2 N–H and O–H groups in total. The molecular formula is C18H19N3O3. The van der Waals surface area contributed by atoms with E-state index in [9.17, 15) is 14.9 Å². The second kappa shape index (κ2) is 6.70. The number of hydrogen-bond acceptors (Lipinski definition) is 4. The highest BCUT2D eigenvalue weighted by Crippen LogP contribution is 2.25. The molecule has 0 heterocycles. The molecule has 0 fully saturated rings. The van der Waals surface area contributed by atoms with Crippen LogP contribution in [0.3, 0.4) is 0 Å². The summed E-state index contributed by atoms with van der Waals surface area (Å²) in [5.41, 5.74) is 4.00. The summed E-state index contributed by atoms with van der Waals surface area (Å²) in [6.45, 7) is 1.76. The van der Waals surface area contributed by atoms with Gasteiger partial charge < -0.3 is 10.6 Å². The van der Waals surface area contributed by atoms with Crippen LogP contribution in [-0.2, 0) is 17.6 Å². The van der Waals surface area contributed by atoms with Crippen molar-refractivity contribution in [3.8, 4) is 0 Å². The van der Waals surface area contributed by atoms with Gasteiger partial charge in [0.05, 0.1) is 4.92 Å². The Morgan fingerprint density at radius 2 is 1.92 bits per heavy atom. The number of hydrogen-bond donors (Lipinski definition) is 2. The van der Waals surface area contributed by atoms with E-state index in [1.54, 1.807) is 19.1 Å². The maximum atomic E-state index is 12.3. The fourth-order valence-electron chi connectivity index (χ4n) is 2.92. The standard InChI is InChI=1S/C18H19N3O3/c1-12(19-16-9-8-13-4-2-5-14(13)10-16)18(22)20-15-6-3-7-17(11-15)21(23)24/h3,6-12,19H,2,4-5H2,1H3,(H,20,22). The van der Waals surface area contributed by atoms with Crippen LogP contribution in [0.1, 0.15) is 24.5 Å². The van der Waals surface area contributed by atoms with Crippen LogP contribution in [-0.4, -0.2) is 16.9 Å². The molecule has 0 bridgehead atoms. The molecule has 124 valence electrons. The minimum Gasteiger partial charge on any atom is -0.374 e. The largest absolute Gasteiger partial charge is 0.374 e. The van der Waals surface area contributed by atoms with Gasteiger partial charge in [-0.15, -0.1) is 0 Å². The summed E-state index contributed by atoms with van der Waals surface area (Å²) in [4.78, 5) is 22.6. The molecule has 3 rings (SSSR count). The molecular weight excluding hydrogens is 306 g/mol. The second-order valence-corrected chi connectivity index (χ2v) is 6.00. The lowest BCUT2D eigenvalue weighted by atomic mass is 10.1. The van der Waals surface area contributed by atoms with Gasteiger partial charge in [0.25, 0.3) is 5.69 Å². The number of carbonyl (C=O) groups excluding carboxylic acids is 1. The van der Waals surface area contributed by atoms with Gasteiger partial charge in [0.15, 0.2) is 0 Å². The zero-order valence-corrected chi connectivity index (χ0v) is 13.4. The van der Waals surface area contributed by atoms with Gasteiger partial charge in [-0.2, -0.15) is 0 Å². The number of nitro benzene ring substituents is 1. The summed E-state index contributed by atoms with van der Waals surface area (Å²) in [7, 11) is 0. The number of carbonyl (C=O) groups is 1. The number of nitro groups is 1. The van der Waals surface area contributed by atoms with Crippen molar-refractivity contribution >= 4 is 23.0 Å². The lowest BCUT2D eigenvalue weighted by Gasteiger charge is -2.16. The summed E-state index contributed by atoms with van der Waals surface area (Å²) < 4.78 is 0. The summed E-state index contributed by atoms with van der Waals surface area (Å²) in [5, 5.41) is 16.7. The molecule has 0 spiro atoms. The van der Waals surface area contributed by atoms with Gasteiger partial charge in [-0.1, -0.05) is 12.1 Å². The average molecular weight is 325 g/mol. The van der Waals surface area contributed by atoms with Crippen molar-refractivity contribution in [2.45, 2.75) is 32.2 Å². The summed E-state index contributed by atoms with van der Waals surface area (Å²) in [6, 6.07) is 11.7. The predicted octanol–water partition coefficient (Wildman–Crippen LogP) is 3.52. The Kier molecular flexibility index (Phi) is 4.46.